The molecule has 2 aromatic rings. The number of nitrogens with zero attached hydrogens (tertiary/aromatic N) is 3. The maximum atomic E-state index is 12.1. The molecular weight excluding hydrogens is 362 g/mol. The molecule has 0 radical (unpaired) electrons. The topological polar surface area (TPSA) is 66.3 Å². The van der Waals surface area contributed by atoms with Crippen molar-refractivity contribution in [2.45, 2.75) is 59.8 Å². The molecule has 5 heteroatoms. The Kier molecular flexibility index (Phi) is 6.56. The van der Waals surface area contributed by atoms with Crippen molar-refractivity contribution in [3.8, 4) is 11.3 Å². The van der Waals surface area contributed by atoms with E-state index >= 15 is 0 Å². The van der Waals surface area contributed by atoms with Crippen molar-refractivity contribution in [1.29, 1.82) is 0 Å². The third kappa shape index (κ3) is 4.77. The molecule has 3 unspecified atom stereocenters. The first kappa shape index (κ1) is 21.3. The number of aromatic nitrogens is 2. The molecule has 1 N–H and O–H groups in total. The van der Waals surface area contributed by atoms with Gasteiger partial charge in [0, 0.05) is 29.9 Å². The minimum absolute atomic E-state index is 0.579. The van der Waals surface area contributed by atoms with Crippen molar-refractivity contribution in [3.05, 3.63) is 41.1 Å². The highest BCUT2D eigenvalue weighted by Crippen LogP contribution is 2.35. The Hall–Kier alpha value is -2.43. The molecule has 29 heavy (non-hydrogen) atoms. The summed E-state index contributed by atoms with van der Waals surface area (Å²) in [6, 6.07) is 8.18. The number of hydrogen-bond acceptors (Lipinski definition) is 4. The van der Waals surface area contributed by atoms with Gasteiger partial charge in [0.15, 0.2) is 0 Å². The van der Waals surface area contributed by atoms with Gasteiger partial charge in [-0.25, -0.2) is 9.97 Å². The third-order valence-electron chi connectivity index (χ3n) is 5.83. The van der Waals surface area contributed by atoms with Crippen LogP contribution in [0, 0.1) is 25.7 Å². The fraction of sp³-hybridized carbons (Fsp3) is 0.542. The number of benzene rings is 1. The van der Waals surface area contributed by atoms with E-state index in [0.717, 1.165) is 48.0 Å². The zero-order chi connectivity index (χ0) is 21.1. The zero-order valence-corrected chi connectivity index (χ0v) is 18.3. The summed E-state index contributed by atoms with van der Waals surface area (Å²) in [5, 5.41) is 9.92. The Balaban J connectivity index is 2.15. The highest BCUT2D eigenvalue weighted by molar-refractivity contribution is 5.81. The lowest BCUT2D eigenvalue weighted by atomic mass is 9.89. The van der Waals surface area contributed by atoms with Crippen LogP contribution in [0.2, 0.25) is 0 Å². The normalized spacial score (nSPS) is 20.5. The lowest BCUT2D eigenvalue weighted by Crippen LogP contribution is -2.40. The van der Waals surface area contributed by atoms with Gasteiger partial charge in [0.25, 0.3) is 0 Å². The van der Waals surface area contributed by atoms with Gasteiger partial charge in [0.1, 0.15) is 0 Å². The molecule has 0 aliphatic carbocycles. The van der Waals surface area contributed by atoms with Crippen LogP contribution in [0.4, 0.5) is 5.95 Å². The number of rotatable bonds is 6. The fourth-order valence-electron chi connectivity index (χ4n) is 4.56. The van der Waals surface area contributed by atoms with E-state index in [2.05, 4.69) is 37.8 Å². The van der Waals surface area contributed by atoms with Gasteiger partial charge >= 0.3 is 5.97 Å². The van der Waals surface area contributed by atoms with E-state index in [0.29, 0.717) is 18.3 Å². The highest BCUT2D eigenvalue weighted by Gasteiger charge is 2.29. The molecule has 1 saturated heterocycles. The third-order valence-corrected chi connectivity index (χ3v) is 5.83. The van der Waals surface area contributed by atoms with Gasteiger partial charge < -0.3 is 10.0 Å². The van der Waals surface area contributed by atoms with E-state index in [4.69, 9.17) is 9.97 Å². The summed E-state index contributed by atoms with van der Waals surface area (Å²) < 4.78 is 0. The average molecular weight is 396 g/mol. The van der Waals surface area contributed by atoms with Gasteiger partial charge in [-0.15, -0.1) is 0 Å². The van der Waals surface area contributed by atoms with Crippen molar-refractivity contribution in [2.24, 2.45) is 11.8 Å². The van der Waals surface area contributed by atoms with Crippen molar-refractivity contribution in [3.63, 3.8) is 0 Å². The minimum Gasteiger partial charge on any atom is -0.481 e. The summed E-state index contributed by atoms with van der Waals surface area (Å²) in [6.45, 7) is 12.4. The molecule has 1 aliphatic rings. The lowest BCUT2D eigenvalue weighted by Gasteiger charge is -2.35. The molecule has 0 bridgehead atoms. The molecule has 0 spiro atoms. The fourth-order valence-corrected chi connectivity index (χ4v) is 4.56. The molecule has 1 aromatic carbocycles. The van der Waals surface area contributed by atoms with Gasteiger partial charge in [-0.05, 0) is 38.5 Å². The number of aryl methyl sites for hydroxylation is 2. The summed E-state index contributed by atoms with van der Waals surface area (Å²) in [5.41, 5.74) is 4.42. The number of hydrogen-bond donors (Lipinski definition) is 1. The molecular formula is C24H33N3O2. The Morgan fingerprint density at radius 2 is 1.76 bits per heavy atom. The van der Waals surface area contributed by atoms with E-state index in [1.54, 1.807) is 0 Å². The van der Waals surface area contributed by atoms with Crippen molar-refractivity contribution >= 4 is 11.9 Å². The largest absolute Gasteiger partial charge is 0.481 e. The number of carboxylic acid groups (broad SMARTS) is 1. The van der Waals surface area contributed by atoms with Crippen molar-refractivity contribution < 1.29 is 9.90 Å². The maximum absolute atomic E-state index is 12.1. The smallest absolute Gasteiger partial charge is 0.311 e. The number of carboxylic acids is 1. The summed E-state index contributed by atoms with van der Waals surface area (Å²) in [7, 11) is 0. The van der Waals surface area contributed by atoms with Crippen LogP contribution in [0.25, 0.3) is 11.3 Å². The first-order valence-corrected chi connectivity index (χ1v) is 10.7. The van der Waals surface area contributed by atoms with Crippen molar-refractivity contribution in [2.75, 3.05) is 18.0 Å². The molecule has 3 atom stereocenters. The SMILES string of the molecule is CCCC(C(=O)O)c1c(C)nc(N2CC(C)CC(C)C2)nc1-c1ccc(C)cc1. The van der Waals surface area contributed by atoms with E-state index < -0.39 is 11.9 Å². The maximum Gasteiger partial charge on any atom is 0.311 e. The second-order valence-corrected chi connectivity index (χ2v) is 8.77. The van der Waals surface area contributed by atoms with Gasteiger partial charge in [0.05, 0.1) is 11.6 Å². The molecule has 1 fully saturated rings. The van der Waals surface area contributed by atoms with Crippen LogP contribution in [-0.2, 0) is 4.79 Å². The number of anilines is 1. The van der Waals surface area contributed by atoms with Crippen LogP contribution in [0.5, 0.6) is 0 Å². The van der Waals surface area contributed by atoms with Gasteiger partial charge in [-0.2, -0.15) is 0 Å². The Morgan fingerprint density at radius 1 is 1.14 bits per heavy atom. The molecule has 0 amide bonds. The quantitative estimate of drug-likeness (QED) is 0.727. The molecule has 156 valence electrons. The van der Waals surface area contributed by atoms with Gasteiger partial charge in [-0.3, -0.25) is 4.79 Å². The minimum atomic E-state index is -0.806. The van der Waals surface area contributed by atoms with Crippen LogP contribution in [0.3, 0.4) is 0 Å². The molecule has 1 aliphatic heterocycles. The summed E-state index contributed by atoms with van der Waals surface area (Å²) in [4.78, 5) is 24.1. The zero-order valence-electron chi connectivity index (χ0n) is 18.3. The Bertz CT molecular complexity index is 853. The number of piperidine rings is 1. The predicted octanol–water partition coefficient (Wildman–Crippen LogP) is 5.21. The predicted molar refractivity (Wildman–Crippen MR) is 117 cm³/mol. The molecule has 0 saturated carbocycles. The Morgan fingerprint density at radius 3 is 2.31 bits per heavy atom. The molecule has 5 nitrogen and oxygen atoms in total. The molecule has 2 heterocycles. The van der Waals surface area contributed by atoms with Crippen molar-refractivity contribution in [1.82, 2.24) is 9.97 Å². The van der Waals surface area contributed by atoms with E-state index in [-0.39, 0.29) is 0 Å². The Labute approximate surface area is 174 Å². The van der Waals surface area contributed by atoms with Crippen LogP contribution < -0.4 is 4.90 Å². The van der Waals surface area contributed by atoms with E-state index in [1.807, 2.05) is 26.0 Å². The second-order valence-electron chi connectivity index (χ2n) is 8.77. The second kappa shape index (κ2) is 8.93. The van der Waals surface area contributed by atoms with E-state index in [9.17, 15) is 9.90 Å². The van der Waals surface area contributed by atoms with Crippen LogP contribution in [-0.4, -0.2) is 34.1 Å². The highest BCUT2D eigenvalue weighted by atomic mass is 16.4. The number of aliphatic carboxylic acids is 1. The monoisotopic (exact) mass is 395 g/mol. The lowest BCUT2D eigenvalue weighted by molar-refractivity contribution is -0.139. The van der Waals surface area contributed by atoms with E-state index in [1.165, 1.54) is 12.0 Å². The average Bonchev–Trinajstić information content (AvgIpc) is 2.65. The van der Waals surface area contributed by atoms with Crippen LogP contribution in [0.1, 0.15) is 62.8 Å². The summed E-state index contributed by atoms with van der Waals surface area (Å²) in [5.74, 6) is 0.513. The van der Waals surface area contributed by atoms with Crippen LogP contribution in [0.15, 0.2) is 24.3 Å². The summed E-state index contributed by atoms with van der Waals surface area (Å²) >= 11 is 0. The molecule has 1 aromatic heterocycles. The first-order valence-electron chi connectivity index (χ1n) is 10.7. The number of carbonyl (C=O) groups is 1. The molecule has 3 rings (SSSR count). The standard InChI is InChI=1S/C24H33N3O2/c1-6-7-20(23(28)29)21-18(5)25-24(27-13-16(3)12-17(4)14-27)26-22(21)19-10-8-15(2)9-11-19/h8-11,16-17,20H,6-7,12-14H2,1-5H3,(H,28,29). The van der Waals surface area contributed by atoms with Gasteiger partial charge in [-0.1, -0.05) is 57.0 Å². The van der Waals surface area contributed by atoms with Gasteiger partial charge in [0.2, 0.25) is 5.95 Å². The first-order chi connectivity index (χ1) is 13.8. The summed E-state index contributed by atoms with van der Waals surface area (Å²) in [6.07, 6.45) is 2.60. The van der Waals surface area contributed by atoms with Crippen LogP contribution >= 0.6 is 0 Å².